The molecule has 1 saturated heterocycles. The third-order valence-corrected chi connectivity index (χ3v) is 2.87. The summed E-state index contributed by atoms with van der Waals surface area (Å²) >= 11 is 0. The summed E-state index contributed by atoms with van der Waals surface area (Å²) in [4.78, 5) is 10.5. The van der Waals surface area contributed by atoms with E-state index in [2.05, 4.69) is 20.3 Å². The van der Waals surface area contributed by atoms with Crippen LogP contribution in [-0.2, 0) is 0 Å². The van der Waals surface area contributed by atoms with Crippen molar-refractivity contribution in [1.82, 2.24) is 9.97 Å². The monoisotopic (exact) mass is 223 g/mol. The number of aliphatic hydroxyl groups is 1. The lowest BCUT2D eigenvalue weighted by Crippen LogP contribution is -2.37. The van der Waals surface area contributed by atoms with E-state index in [1.165, 1.54) is 0 Å². The Morgan fingerprint density at radius 1 is 1.56 bits per heavy atom. The van der Waals surface area contributed by atoms with E-state index in [9.17, 15) is 0 Å². The van der Waals surface area contributed by atoms with Gasteiger partial charge < -0.3 is 15.4 Å². The normalized spacial score (nSPS) is 20.9. The highest BCUT2D eigenvalue weighted by molar-refractivity contribution is 5.43. The predicted molar refractivity (Wildman–Crippen MR) is 61.9 cm³/mol. The van der Waals surface area contributed by atoms with E-state index in [4.69, 9.17) is 10.9 Å². The maximum absolute atomic E-state index is 9.16. The molecule has 16 heavy (non-hydrogen) atoms. The molecule has 0 bridgehead atoms. The molecule has 0 spiro atoms. The molecule has 1 aromatic heterocycles. The Bertz CT molecular complexity index is 346. The number of aliphatic hydroxyl groups excluding tert-OH is 1. The number of hydrogen-bond acceptors (Lipinski definition) is 6. The number of nitrogens with two attached hydrogens (primary N) is 1. The molecule has 1 fully saturated rings. The van der Waals surface area contributed by atoms with Crippen LogP contribution in [0.4, 0.5) is 11.6 Å². The van der Waals surface area contributed by atoms with E-state index in [-0.39, 0.29) is 6.61 Å². The van der Waals surface area contributed by atoms with Crippen molar-refractivity contribution in [3.05, 3.63) is 12.4 Å². The molecule has 2 rings (SSSR count). The third kappa shape index (κ3) is 2.40. The van der Waals surface area contributed by atoms with Gasteiger partial charge in [0.05, 0.1) is 12.4 Å². The van der Waals surface area contributed by atoms with Crippen LogP contribution in [0.2, 0.25) is 0 Å². The van der Waals surface area contributed by atoms with Crippen LogP contribution in [-0.4, -0.2) is 34.8 Å². The van der Waals surface area contributed by atoms with Gasteiger partial charge in [-0.3, -0.25) is 4.98 Å². The lowest BCUT2D eigenvalue weighted by atomic mass is 9.99. The molecule has 0 amide bonds. The first-order valence-electron chi connectivity index (χ1n) is 5.48. The van der Waals surface area contributed by atoms with Gasteiger partial charge in [0, 0.05) is 19.7 Å². The molecule has 6 heteroatoms. The molecule has 1 atom stereocenters. The van der Waals surface area contributed by atoms with Crippen molar-refractivity contribution in [2.45, 2.75) is 12.8 Å². The summed E-state index contributed by atoms with van der Waals surface area (Å²) in [6.07, 6.45) is 5.46. The minimum Gasteiger partial charge on any atom is -0.396 e. The van der Waals surface area contributed by atoms with Crippen molar-refractivity contribution in [3.63, 3.8) is 0 Å². The van der Waals surface area contributed by atoms with Crippen LogP contribution in [0.5, 0.6) is 0 Å². The number of aromatic nitrogens is 2. The summed E-state index contributed by atoms with van der Waals surface area (Å²) in [6.45, 7) is 2.02. The zero-order chi connectivity index (χ0) is 11.4. The lowest BCUT2D eigenvalue weighted by molar-refractivity contribution is 0.208. The minimum absolute atomic E-state index is 0.235. The third-order valence-electron chi connectivity index (χ3n) is 2.87. The average Bonchev–Trinajstić information content (AvgIpc) is 2.39. The summed E-state index contributed by atoms with van der Waals surface area (Å²) in [6, 6.07) is 0. The SMILES string of the molecule is NNc1cncc(N2CCCC(CO)C2)n1. The van der Waals surface area contributed by atoms with Gasteiger partial charge in [-0.05, 0) is 18.8 Å². The standard InChI is InChI=1S/C10H17N5O/c11-14-9-4-12-5-10(13-9)15-3-1-2-8(6-15)7-16/h4-5,8,16H,1-3,6-7,11H2,(H,13,14). The number of hydrazine groups is 1. The van der Waals surface area contributed by atoms with Crippen LogP contribution in [0.15, 0.2) is 12.4 Å². The Kier molecular flexibility index (Phi) is 3.53. The number of nitrogens with one attached hydrogen (secondary N) is 1. The quantitative estimate of drug-likeness (QED) is 0.493. The topological polar surface area (TPSA) is 87.3 Å². The second-order valence-electron chi connectivity index (χ2n) is 4.04. The van der Waals surface area contributed by atoms with Gasteiger partial charge in [0.1, 0.15) is 5.82 Å². The van der Waals surface area contributed by atoms with Gasteiger partial charge in [-0.15, -0.1) is 0 Å². The number of nitrogen functional groups attached to an aromatic ring is 1. The molecule has 1 unspecified atom stereocenters. The number of anilines is 2. The molecule has 4 N–H and O–H groups in total. The zero-order valence-electron chi connectivity index (χ0n) is 9.13. The van der Waals surface area contributed by atoms with Crippen LogP contribution < -0.4 is 16.2 Å². The molecule has 0 saturated carbocycles. The molecule has 1 aliphatic heterocycles. The smallest absolute Gasteiger partial charge is 0.160 e. The molecule has 1 aromatic rings. The molecule has 0 aliphatic carbocycles. The lowest BCUT2D eigenvalue weighted by Gasteiger charge is -2.32. The van der Waals surface area contributed by atoms with Gasteiger partial charge in [-0.1, -0.05) is 0 Å². The predicted octanol–water partition coefficient (Wildman–Crippen LogP) is -0.0291. The first-order valence-corrected chi connectivity index (χ1v) is 5.48. The van der Waals surface area contributed by atoms with Gasteiger partial charge in [-0.25, -0.2) is 10.8 Å². The first-order chi connectivity index (χ1) is 7.83. The van der Waals surface area contributed by atoms with E-state index in [1.54, 1.807) is 12.4 Å². The van der Waals surface area contributed by atoms with Gasteiger partial charge >= 0.3 is 0 Å². The van der Waals surface area contributed by atoms with E-state index in [0.29, 0.717) is 11.7 Å². The summed E-state index contributed by atoms with van der Waals surface area (Å²) < 4.78 is 0. The first kappa shape index (κ1) is 11.1. The molecule has 2 heterocycles. The molecular formula is C10H17N5O. The fraction of sp³-hybridized carbons (Fsp3) is 0.600. The number of nitrogens with zero attached hydrogens (tertiary/aromatic N) is 3. The highest BCUT2D eigenvalue weighted by atomic mass is 16.3. The van der Waals surface area contributed by atoms with Crippen molar-refractivity contribution in [3.8, 4) is 0 Å². The number of piperidine rings is 1. The van der Waals surface area contributed by atoms with Crippen molar-refractivity contribution in [1.29, 1.82) is 0 Å². The maximum Gasteiger partial charge on any atom is 0.160 e. The second-order valence-corrected chi connectivity index (χ2v) is 4.04. The Morgan fingerprint density at radius 2 is 2.44 bits per heavy atom. The van der Waals surface area contributed by atoms with E-state index in [1.807, 2.05) is 0 Å². The van der Waals surface area contributed by atoms with Crippen molar-refractivity contribution >= 4 is 11.6 Å². The average molecular weight is 223 g/mol. The van der Waals surface area contributed by atoms with Gasteiger partial charge in [-0.2, -0.15) is 0 Å². The molecular weight excluding hydrogens is 206 g/mol. The highest BCUT2D eigenvalue weighted by Gasteiger charge is 2.20. The Hall–Kier alpha value is -1.40. The Balaban J connectivity index is 2.10. The van der Waals surface area contributed by atoms with Gasteiger partial charge in [0.25, 0.3) is 0 Å². The van der Waals surface area contributed by atoms with Crippen LogP contribution in [0, 0.1) is 5.92 Å². The molecule has 1 aliphatic rings. The minimum atomic E-state index is 0.235. The molecule has 88 valence electrons. The van der Waals surface area contributed by atoms with Crippen LogP contribution in [0.25, 0.3) is 0 Å². The fourth-order valence-corrected chi connectivity index (χ4v) is 2.00. The van der Waals surface area contributed by atoms with Crippen LogP contribution in [0.1, 0.15) is 12.8 Å². The fourth-order valence-electron chi connectivity index (χ4n) is 2.00. The van der Waals surface area contributed by atoms with E-state index in [0.717, 1.165) is 31.7 Å². The van der Waals surface area contributed by atoms with Crippen molar-refractivity contribution in [2.24, 2.45) is 11.8 Å². The Labute approximate surface area is 94.5 Å². The van der Waals surface area contributed by atoms with Gasteiger partial charge in [0.2, 0.25) is 0 Å². The second kappa shape index (κ2) is 5.09. The van der Waals surface area contributed by atoms with E-state index < -0.39 is 0 Å². The van der Waals surface area contributed by atoms with Crippen molar-refractivity contribution in [2.75, 3.05) is 30.0 Å². The van der Waals surface area contributed by atoms with Crippen LogP contribution in [0.3, 0.4) is 0 Å². The van der Waals surface area contributed by atoms with E-state index >= 15 is 0 Å². The Morgan fingerprint density at radius 3 is 3.19 bits per heavy atom. The summed E-state index contributed by atoms with van der Waals surface area (Å²) in [5.41, 5.74) is 2.48. The van der Waals surface area contributed by atoms with Crippen LogP contribution >= 0.6 is 0 Å². The van der Waals surface area contributed by atoms with Crippen molar-refractivity contribution < 1.29 is 5.11 Å². The summed E-state index contributed by atoms with van der Waals surface area (Å²) in [5, 5.41) is 9.16. The van der Waals surface area contributed by atoms with Gasteiger partial charge in [0.15, 0.2) is 5.82 Å². The number of rotatable bonds is 3. The summed E-state index contributed by atoms with van der Waals surface area (Å²) in [7, 11) is 0. The highest BCUT2D eigenvalue weighted by Crippen LogP contribution is 2.21. The number of hydrogen-bond donors (Lipinski definition) is 3. The molecule has 0 radical (unpaired) electrons. The largest absolute Gasteiger partial charge is 0.396 e. The molecule has 6 nitrogen and oxygen atoms in total. The maximum atomic E-state index is 9.16. The zero-order valence-corrected chi connectivity index (χ0v) is 9.13. The molecule has 0 aromatic carbocycles. The summed E-state index contributed by atoms with van der Waals surface area (Å²) in [5.74, 6) is 7.00.